The van der Waals surface area contributed by atoms with E-state index >= 15 is 0 Å². The Bertz CT molecular complexity index is 985. The highest BCUT2D eigenvalue weighted by Crippen LogP contribution is 2.25. The minimum Gasteiger partial charge on any atom is -0.336 e. The van der Waals surface area contributed by atoms with E-state index in [2.05, 4.69) is 20.5 Å². The molecular formula is C17H16F2N6O2. The Hall–Kier alpha value is -3.17. The van der Waals surface area contributed by atoms with E-state index in [1.807, 2.05) is 6.92 Å². The molecule has 1 aliphatic heterocycles. The third-order valence-electron chi connectivity index (χ3n) is 4.50. The van der Waals surface area contributed by atoms with Crippen molar-refractivity contribution in [3.8, 4) is 11.6 Å². The second-order valence-corrected chi connectivity index (χ2v) is 6.27. The van der Waals surface area contributed by atoms with Crippen molar-refractivity contribution in [3.63, 3.8) is 0 Å². The third kappa shape index (κ3) is 3.29. The lowest BCUT2D eigenvalue weighted by Crippen LogP contribution is -2.30. The van der Waals surface area contributed by atoms with Crippen LogP contribution in [0.5, 0.6) is 0 Å². The molecule has 1 aromatic carbocycles. The van der Waals surface area contributed by atoms with E-state index in [1.165, 1.54) is 4.90 Å². The Morgan fingerprint density at radius 2 is 2.22 bits per heavy atom. The molecule has 4 rings (SSSR count). The average Bonchev–Trinajstić information content (AvgIpc) is 3.41. The molecule has 0 unspecified atom stereocenters. The van der Waals surface area contributed by atoms with Crippen LogP contribution in [0.25, 0.3) is 11.6 Å². The van der Waals surface area contributed by atoms with Crippen molar-refractivity contribution >= 4 is 5.91 Å². The molecule has 140 valence electrons. The van der Waals surface area contributed by atoms with E-state index in [9.17, 15) is 13.6 Å². The molecular weight excluding hydrogens is 358 g/mol. The van der Waals surface area contributed by atoms with Crippen LogP contribution in [-0.2, 0) is 6.42 Å². The first-order chi connectivity index (χ1) is 13.0. The van der Waals surface area contributed by atoms with Gasteiger partial charge in [0, 0.05) is 19.5 Å². The maximum absolute atomic E-state index is 13.9. The van der Waals surface area contributed by atoms with E-state index in [-0.39, 0.29) is 17.5 Å². The molecule has 3 heterocycles. The number of hydrogen-bond donors (Lipinski definition) is 0. The van der Waals surface area contributed by atoms with Gasteiger partial charge < -0.3 is 9.42 Å². The van der Waals surface area contributed by atoms with Crippen LogP contribution in [0, 0.1) is 11.6 Å². The van der Waals surface area contributed by atoms with Gasteiger partial charge in [0.15, 0.2) is 11.5 Å². The number of likely N-dealkylation sites (tertiary alicyclic amines) is 1. The van der Waals surface area contributed by atoms with Crippen LogP contribution >= 0.6 is 0 Å². The number of aryl methyl sites for hydroxylation is 1. The quantitative estimate of drug-likeness (QED) is 0.696. The summed E-state index contributed by atoms with van der Waals surface area (Å²) in [7, 11) is 0. The predicted octanol–water partition coefficient (Wildman–Crippen LogP) is 2.26. The van der Waals surface area contributed by atoms with Gasteiger partial charge in [0.05, 0.1) is 17.8 Å². The van der Waals surface area contributed by atoms with Crippen LogP contribution in [0.3, 0.4) is 0 Å². The summed E-state index contributed by atoms with van der Waals surface area (Å²) in [5.41, 5.74) is 0.177. The fourth-order valence-electron chi connectivity index (χ4n) is 3.03. The molecule has 0 spiro atoms. The first-order valence-electron chi connectivity index (χ1n) is 8.54. The molecule has 1 amide bonds. The van der Waals surface area contributed by atoms with Crippen molar-refractivity contribution in [1.29, 1.82) is 0 Å². The van der Waals surface area contributed by atoms with Gasteiger partial charge in [-0.05, 0) is 24.6 Å². The first kappa shape index (κ1) is 17.3. The largest absolute Gasteiger partial charge is 0.336 e. The minimum absolute atomic E-state index is 0.125. The van der Waals surface area contributed by atoms with Crippen molar-refractivity contribution < 1.29 is 18.1 Å². The average molecular weight is 374 g/mol. The summed E-state index contributed by atoms with van der Waals surface area (Å²) in [4.78, 5) is 18.2. The van der Waals surface area contributed by atoms with Gasteiger partial charge in [-0.25, -0.2) is 13.5 Å². The minimum atomic E-state index is -0.740. The molecule has 0 aliphatic carbocycles. The number of halogens is 2. The normalized spacial score (nSPS) is 16.9. The van der Waals surface area contributed by atoms with E-state index in [4.69, 9.17) is 4.52 Å². The number of carbonyl (C=O) groups is 1. The number of aromatic nitrogens is 5. The highest BCUT2D eigenvalue weighted by Gasteiger charge is 2.30. The maximum atomic E-state index is 13.9. The first-order valence-corrected chi connectivity index (χ1v) is 8.54. The molecule has 1 saturated heterocycles. The monoisotopic (exact) mass is 374 g/mol. The van der Waals surface area contributed by atoms with Crippen LogP contribution in [0.4, 0.5) is 8.78 Å². The second kappa shape index (κ2) is 6.86. The van der Waals surface area contributed by atoms with Gasteiger partial charge in [-0.3, -0.25) is 4.79 Å². The Morgan fingerprint density at radius 1 is 1.37 bits per heavy atom. The number of hydrogen-bond acceptors (Lipinski definition) is 6. The van der Waals surface area contributed by atoms with Crippen molar-refractivity contribution in [2.45, 2.75) is 25.8 Å². The van der Waals surface area contributed by atoms with Gasteiger partial charge in [-0.2, -0.15) is 4.98 Å². The number of carbonyl (C=O) groups excluding carboxylic acids is 1. The van der Waals surface area contributed by atoms with Crippen molar-refractivity contribution in [2.75, 3.05) is 13.1 Å². The topological polar surface area (TPSA) is 89.9 Å². The molecule has 0 bridgehead atoms. The summed E-state index contributed by atoms with van der Waals surface area (Å²) >= 11 is 0. The fraction of sp³-hybridized carbons (Fsp3) is 0.353. The van der Waals surface area contributed by atoms with Gasteiger partial charge in [0.1, 0.15) is 11.6 Å². The maximum Gasteiger partial charge on any atom is 0.280 e. The van der Waals surface area contributed by atoms with Gasteiger partial charge >= 0.3 is 0 Å². The SMILES string of the molecule is CCc1noc(-c2cn([C@@H]3CCN(C(=O)c4cc(F)ccc4F)C3)nn2)n1. The van der Waals surface area contributed by atoms with Crippen LogP contribution < -0.4 is 0 Å². The molecule has 0 N–H and O–H groups in total. The molecule has 2 aromatic heterocycles. The van der Waals surface area contributed by atoms with Crippen LogP contribution in [0.1, 0.15) is 35.6 Å². The molecule has 3 aromatic rings. The van der Waals surface area contributed by atoms with Crippen LogP contribution in [0.15, 0.2) is 28.9 Å². The summed E-state index contributed by atoms with van der Waals surface area (Å²) in [6.45, 7) is 2.65. The Balaban J connectivity index is 1.48. The van der Waals surface area contributed by atoms with E-state index in [0.717, 1.165) is 18.2 Å². The lowest BCUT2D eigenvalue weighted by atomic mass is 10.2. The zero-order valence-corrected chi connectivity index (χ0v) is 14.5. The van der Waals surface area contributed by atoms with Crippen LogP contribution in [0.2, 0.25) is 0 Å². The molecule has 1 aliphatic rings. The summed E-state index contributed by atoms with van der Waals surface area (Å²) in [5, 5.41) is 11.9. The molecule has 8 nitrogen and oxygen atoms in total. The second-order valence-electron chi connectivity index (χ2n) is 6.27. The van der Waals surface area contributed by atoms with E-state index in [1.54, 1.807) is 10.9 Å². The predicted molar refractivity (Wildman–Crippen MR) is 88.6 cm³/mol. The smallest absolute Gasteiger partial charge is 0.280 e. The number of rotatable bonds is 4. The Morgan fingerprint density at radius 3 is 3.00 bits per heavy atom. The summed E-state index contributed by atoms with van der Waals surface area (Å²) in [6, 6.07) is 2.73. The Kier molecular flexibility index (Phi) is 4.38. The summed E-state index contributed by atoms with van der Waals surface area (Å²) in [5.74, 6) is -1.07. The summed E-state index contributed by atoms with van der Waals surface area (Å²) < 4.78 is 34.0. The number of nitrogens with zero attached hydrogens (tertiary/aromatic N) is 6. The molecule has 1 fully saturated rings. The van der Waals surface area contributed by atoms with E-state index in [0.29, 0.717) is 37.4 Å². The van der Waals surface area contributed by atoms with Gasteiger partial charge in [-0.1, -0.05) is 17.3 Å². The molecule has 0 saturated carbocycles. The highest BCUT2D eigenvalue weighted by atomic mass is 19.1. The third-order valence-corrected chi connectivity index (χ3v) is 4.50. The standard InChI is InChI=1S/C17H16F2N6O2/c1-2-15-20-16(27-22-15)14-9-25(23-21-14)11-5-6-24(8-11)17(26)12-7-10(18)3-4-13(12)19/h3-4,7,9,11H,2,5-6,8H2,1H3/t11-/m1/s1. The number of amides is 1. The zero-order valence-electron chi connectivity index (χ0n) is 14.5. The van der Waals surface area contributed by atoms with Crippen LogP contribution in [-0.4, -0.2) is 49.0 Å². The lowest BCUT2D eigenvalue weighted by Gasteiger charge is -2.17. The van der Waals surface area contributed by atoms with Crippen molar-refractivity contribution in [1.82, 2.24) is 30.0 Å². The zero-order chi connectivity index (χ0) is 19.0. The fourth-order valence-corrected chi connectivity index (χ4v) is 3.03. The van der Waals surface area contributed by atoms with Crippen molar-refractivity contribution in [2.24, 2.45) is 0 Å². The van der Waals surface area contributed by atoms with Gasteiger partial charge in [0.2, 0.25) is 0 Å². The number of benzene rings is 1. The Labute approximate surface area is 152 Å². The van der Waals surface area contributed by atoms with E-state index < -0.39 is 17.5 Å². The lowest BCUT2D eigenvalue weighted by molar-refractivity contribution is 0.0781. The molecule has 27 heavy (non-hydrogen) atoms. The summed E-state index contributed by atoms with van der Waals surface area (Å²) in [6.07, 6.45) is 2.94. The molecule has 1 atom stereocenters. The molecule has 0 radical (unpaired) electrons. The van der Waals surface area contributed by atoms with Gasteiger partial charge in [-0.15, -0.1) is 5.10 Å². The van der Waals surface area contributed by atoms with Crippen molar-refractivity contribution in [3.05, 3.63) is 47.4 Å². The van der Waals surface area contributed by atoms with Gasteiger partial charge in [0.25, 0.3) is 11.8 Å². The highest BCUT2D eigenvalue weighted by molar-refractivity contribution is 5.94. The molecule has 10 heteroatoms.